The molecule has 0 aliphatic rings. The average molecular weight is 489 g/mol. The van der Waals surface area contributed by atoms with Crippen molar-refractivity contribution in [2.24, 2.45) is 0 Å². The first-order valence-corrected chi connectivity index (χ1v) is 12.1. The van der Waals surface area contributed by atoms with Crippen molar-refractivity contribution in [3.05, 3.63) is 83.7 Å². The predicted molar refractivity (Wildman–Crippen MR) is 136 cm³/mol. The summed E-state index contributed by atoms with van der Waals surface area (Å²) < 4.78 is 10.8. The molecule has 178 valence electrons. The average Bonchev–Trinajstić information content (AvgIpc) is 3.40. The minimum absolute atomic E-state index is 0.255. The van der Waals surface area contributed by atoms with Gasteiger partial charge in [-0.1, -0.05) is 0 Å². The standard InChI is InChI=1S/C26H24N4O4S/c1-4-33-20-13-11-19(12-14-20)28-24(31)17-7-9-18(10-8-17)29-25(32)22-16(2)27-23(30-26(22)35-3)21-6-5-15-34-21/h5-15H,4H2,1-3H3,(H,28,31)(H,29,32). The van der Waals surface area contributed by atoms with Gasteiger partial charge in [0.2, 0.25) is 0 Å². The van der Waals surface area contributed by atoms with Crippen molar-refractivity contribution in [3.8, 4) is 17.3 Å². The minimum atomic E-state index is -0.329. The molecule has 2 heterocycles. The number of furan rings is 1. The van der Waals surface area contributed by atoms with Crippen molar-refractivity contribution in [2.45, 2.75) is 18.9 Å². The molecule has 4 aromatic rings. The zero-order valence-electron chi connectivity index (χ0n) is 19.5. The van der Waals surface area contributed by atoms with Gasteiger partial charge >= 0.3 is 0 Å². The Morgan fingerprint density at radius 3 is 2.20 bits per heavy atom. The molecule has 2 aromatic carbocycles. The summed E-state index contributed by atoms with van der Waals surface area (Å²) in [5, 5.41) is 6.25. The van der Waals surface area contributed by atoms with Crippen LogP contribution in [0.15, 0.2) is 76.4 Å². The van der Waals surface area contributed by atoms with Crippen LogP contribution in [0, 0.1) is 6.92 Å². The molecule has 35 heavy (non-hydrogen) atoms. The first kappa shape index (κ1) is 24.0. The number of anilines is 2. The highest BCUT2D eigenvalue weighted by atomic mass is 32.2. The number of aryl methyl sites for hydroxylation is 1. The van der Waals surface area contributed by atoms with Crippen LogP contribution in [0.4, 0.5) is 11.4 Å². The van der Waals surface area contributed by atoms with E-state index in [1.54, 1.807) is 73.9 Å². The van der Waals surface area contributed by atoms with Gasteiger partial charge in [-0.3, -0.25) is 9.59 Å². The molecule has 0 unspecified atom stereocenters. The Hall–Kier alpha value is -4.11. The van der Waals surface area contributed by atoms with E-state index < -0.39 is 0 Å². The van der Waals surface area contributed by atoms with Crippen LogP contribution in [0.5, 0.6) is 5.75 Å². The highest BCUT2D eigenvalue weighted by Gasteiger charge is 2.20. The lowest BCUT2D eigenvalue weighted by molar-refractivity contribution is 0.101. The number of benzene rings is 2. The van der Waals surface area contributed by atoms with E-state index in [1.807, 2.05) is 13.2 Å². The summed E-state index contributed by atoms with van der Waals surface area (Å²) in [4.78, 5) is 34.5. The number of hydrogen-bond acceptors (Lipinski definition) is 7. The van der Waals surface area contributed by atoms with Crippen molar-refractivity contribution in [2.75, 3.05) is 23.5 Å². The number of amides is 2. The molecular formula is C26H24N4O4S. The Morgan fingerprint density at radius 1 is 0.943 bits per heavy atom. The van der Waals surface area contributed by atoms with Gasteiger partial charge in [0.25, 0.3) is 11.8 Å². The molecule has 0 radical (unpaired) electrons. The zero-order chi connectivity index (χ0) is 24.8. The second-order valence-corrected chi connectivity index (χ2v) is 8.23. The van der Waals surface area contributed by atoms with Crippen molar-refractivity contribution in [1.29, 1.82) is 0 Å². The molecular weight excluding hydrogens is 464 g/mol. The third kappa shape index (κ3) is 5.70. The second kappa shape index (κ2) is 10.9. The van der Waals surface area contributed by atoms with Crippen LogP contribution in [0.3, 0.4) is 0 Å². The fourth-order valence-corrected chi connectivity index (χ4v) is 4.00. The summed E-state index contributed by atoms with van der Waals surface area (Å²) in [6.45, 7) is 4.25. The van der Waals surface area contributed by atoms with Gasteiger partial charge in [-0.2, -0.15) is 0 Å². The smallest absolute Gasteiger partial charge is 0.260 e. The summed E-state index contributed by atoms with van der Waals surface area (Å²) in [7, 11) is 0. The first-order chi connectivity index (χ1) is 17.0. The Balaban J connectivity index is 1.44. The minimum Gasteiger partial charge on any atom is -0.494 e. The van der Waals surface area contributed by atoms with E-state index in [-0.39, 0.29) is 11.8 Å². The lowest BCUT2D eigenvalue weighted by Crippen LogP contribution is -2.17. The molecule has 4 rings (SSSR count). The van der Waals surface area contributed by atoms with E-state index in [2.05, 4.69) is 20.6 Å². The second-order valence-electron chi connectivity index (χ2n) is 7.44. The lowest BCUT2D eigenvalue weighted by Gasteiger charge is -2.12. The number of carbonyl (C=O) groups is 2. The molecule has 0 bridgehead atoms. The fourth-order valence-electron chi connectivity index (χ4n) is 3.37. The van der Waals surface area contributed by atoms with Crippen LogP contribution in [-0.4, -0.2) is 34.6 Å². The van der Waals surface area contributed by atoms with E-state index in [0.29, 0.717) is 51.4 Å². The van der Waals surface area contributed by atoms with Crippen LogP contribution in [0.25, 0.3) is 11.6 Å². The summed E-state index contributed by atoms with van der Waals surface area (Å²) in [5.41, 5.74) is 2.61. The molecule has 2 aromatic heterocycles. The molecule has 0 fully saturated rings. The van der Waals surface area contributed by atoms with Gasteiger partial charge in [0.1, 0.15) is 10.8 Å². The zero-order valence-corrected chi connectivity index (χ0v) is 20.3. The molecule has 8 nitrogen and oxygen atoms in total. The van der Waals surface area contributed by atoms with Crippen molar-refractivity contribution >= 4 is 35.0 Å². The third-order valence-corrected chi connectivity index (χ3v) is 5.73. The molecule has 2 N–H and O–H groups in total. The molecule has 0 saturated heterocycles. The number of thioether (sulfide) groups is 1. The Bertz CT molecular complexity index is 1320. The highest BCUT2D eigenvalue weighted by molar-refractivity contribution is 7.98. The van der Waals surface area contributed by atoms with E-state index in [0.717, 1.165) is 5.75 Å². The number of rotatable bonds is 8. The maximum absolute atomic E-state index is 13.0. The number of hydrogen-bond donors (Lipinski definition) is 2. The van der Waals surface area contributed by atoms with Crippen LogP contribution in [-0.2, 0) is 0 Å². The highest BCUT2D eigenvalue weighted by Crippen LogP contribution is 2.26. The Labute approximate surface area is 207 Å². The predicted octanol–water partition coefficient (Wildman–Crippen LogP) is 5.67. The molecule has 0 aliphatic heterocycles. The maximum atomic E-state index is 13.0. The monoisotopic (exact) mass is 488 g/mol. The van der Waals surface area contributed by atoms with Gasteiger partial charge in [-0.15, -0.1) is 11.8 Å². The summed E-state index contributed by atoms with van der Waals surface area (Å²) in [6, 6.07) is 17.3. The van der Waals surface area contributed by atoms with Gasteiger partial charge < -0.3 is 19.8 Å². The molecule has 0 spiro atoms. The molecule has 0 saturated carbocycles. The van der Waals surface area contributed by atoms with Gasteiger partial charge in [0, 0.05) is 16.9 Å². The number of nitrogens with zero attached hydrogens (tertiary/aromatic N) is 2. The van der Waals surface area contributed by atoms with Gasteiger partial charge in [0.15, 0.2) is 11.6 Å². The number of nitrogens with one attached hydrogen (secondary N) is 2. The molecule has 2 amide bonds. The van der Waals surface area contributed by atoms with Crippen molar-refractivity contribution in [1.82, 2.24) is 9.97 Å². The van der Waals surface area contributed by atoms with Gasteiger partial charge in [-0.25, -0.2) is 9.97 Å². The summed E-state index contributed by atoms with van der Waals surface area (Å²) in [6.07, 6.45) is 3.40. The maximum Gasteiger partial charge on any atom is 0.260 e. The SMILES string of the molecule is CCOc1ccc(NC(=O)c2ccc(NC(=O)c3c(C)nc(-c4ccco4)nc3SC)cc2)cc1. The van der Waals surface area contributed by atoms with E-state index in [9.17, 15) is 9.59 Å². The largest absolute Gasteiger partial charge is 0.494 e. The summed E-state index contributed by atoms with van der Waals surface area (Å²) in [5.74, 6) is 1.12. The van der Waals surface area contributed by atoms with Crippen LogP contribution < -0.4 is 15.4 Å². The number of aromatic nitrogens is 2. The van der Waals surface area contributed by atoms with Crippen molar-refractivity contribution in [3.63, 3.8) is 0 Å². The fraction of sp³-hybridized carbons (Fsp3) is 0.154. The van der Waals surface area contributed by atoms with Gasteiger partial charge in [0.05, 0.1) is 24.1 Å². The first-order valence-electron chi connectivity index (χ1n) is 10.9. The van der Waals surface area contributed by atoms with E-state index in [4.69, 9.17) is 9.15 Å². The Kier molecular flexibility index (Phi) is 7.47. The quantitative estimate of drug-likeness (QED) is 0.243. The normalized spacial score (nSPS) is 10.6. The van der Waals surface area contributed by atoms with Crippen LogP contribution in [0.1, 0.15) is 33.3 Å². The van der Waals surface area contributed by atoms with E-state index >= 15 is 0 Å². The topological polar surface area (TPSA) is 106 Å². The number of carbonyl (C=O) groups excluding carboxylic acids is 2. The van der Waals surface area contributed by atoms with Crippen LogP contribution in [0.2, 0.25) is 0 Å². The van der Waals surface area contributed by atoms with Gasteiger partial charge in [-0.05, 0) is 80.8 Å². The third-order valence-electron chi connectivity index (χ3n) is 5.05. The van der Waals surface area contributed by atoms with Crippen LogP contribution >= 0.6 is 11.8 Å². The van der Waals surface area contributed by atoms with Crippen molar-refractivity contribution < 1.29 is 18.7 Å². The molecule has 0 aliphatic carbocycles. The molecule has 9 heteroatoms. The Morgan fingerprint density at radius 2 is 1.60 bits per heavy atom. The summed E-state index contributed by atoms with van der Waals surface area (Å²) >= 11 is 1.36. The lowest BCUT2D eigenvalue weighted by atomic mass is 10.1. The van der Waals surface area contributed by atoms with E-state index in [1.165, 1.54) is 11.8 Å². The number of ether oxygens (including phenoxy) is 1. The molecule has 0 atom stereocenters.